The summed E-state index contributed by atoms with van der Waals surface area (Å²) in [6, 6.07) is 0. The van der Waals surface area contributed by atoms with Crippen molar-refractivity contribution in [3.63, 3.8) is 0 Å². The van der Waals surface area contributed by atoms with Crippen LogP contribution in [0.25, 0.3) is 0 Å². The summed E-state index contributed by atoms with van der Waals surface area (Å²) in [6.07, 6.45) is 31.9. The van der Waals surface area contributed by atoms with Crippen molar-refractivity contribution in [3.8, 4) is 0 Å². The molecule has 0 amide bonds. The van der Waals surface area contributed by atoms with Gasteiger partial charge in [-0.2, -0.15) is 0 Å². The molecule has 0 heterocycles. The summed E-state index contributed by atoms with van der Waals surface area (Å²) in [7, 11) is 0. The van der Waals surface area contributed by atoms with E-state index in [1.165, 1.54) is 103 Å². The van der Waals surface area contributed by atoms with Crippen molar-refractivity contribution in [2.24, 2.45) is 11.8 Å². The lowest BCUT2D eigenvalue weighted by atomic mass is 9.92. The third-order valence-corrected chi connectivity index (χ3v) is 10.1. The van der Waals surface area contributed by atoms with Gasteiger partial charge in [0, 0.05) is 19.4 Å². The Morgan fingerprint density at radius 2 is 0.833 bits per heavy atom. The number of unbranched alkanes of at least 4 members (excludes halogenated alkanes) is 14. The molecular weight excluding hydrogens is 598 g/mol. The smallest absolute Gasteiger partial charge is 0.305 e. The second-order valence-electron chi connectivity index (χ2n) is 14.6. The van der Waals surface area contributed by atoms with Gasteiger partial charge in [-0.25, -0.2) is 0 Å². The van der Waals surface area contributed by atoms with Crippen LogP contribution < -0.4 is 0 Å². The number of hydrogen-bond acceptors (Lipinski definition) is 6. The van der Waals surface area contributed by atoms with Crippen molar-refractivity contribution in [3.05, 3.63) is 0 Å². The number of ether oxygens (including phenoxy) is 2. The van der Waals surface area contributed by atoms with Crippen molar-refractivity contribution in [1.82, 2.24) is 4.90 Å². The average molecular weight is 682 g/mol. The van der Waals surface area contributed by atoms with Gasteiger partial charge in [-0.05, 0) is 63.5 Å². The third kappa shape index (κ3) is 32.1. The van der Waals surface area contributed by atoms with Gasteiger partial charge in [0.2, 0.25) is 0 Å². The SMILES string of the molecule is CCCCCC(CCCCC)CCOC(=O)CCCCCCCN(CCO)CCCCCCCC(=O)OCCC(CCCC)CCCC. The van der Waals surface area contributed by atoms with Gasteiger partial charge in [0.1, 0.15) is 0 Å². The molecule has 0 rings (SSSR count). The highest BCUT2D eigenvalue weighted by molar-refractivity contribution is 5.69. The molecule has 0 bridgehead atoms. The van der Waals surface area contributed by atoms with Gasteiger partial charge in [-0.15, -0.1) is 0 Å². The second kappa shape index (κ2) is 37.1. The molecule has 0 aliphatic rings. The molecule has 1 N–H and O–H groups in total. The first kappa shape index (κ1) is 46.9. The minimum Gasteiger partial charge on any atom is -0.466 e. The standard InChI is InChI=1S/C42H83NO5/c1-5-9-19-27-40(28-20-10-6-2)32-38-48-42(46)30-22-16-14-18-24-34-43(35-36-44)33-23-17-13-15-21-29-41(45)47-37-31-39(25-11-7-3)26-12-8-4/h39-40,44H,5-38H2,1-4H3. The van der Waals surface area contributed by atoms with Crippen LogP contribution in [0.15, 0.2) is 0 Å². The van der Waals surface area contributed by atoms with Gasteiger partial charge >= 0.3 is 11.9 Å². The lowest BCUT2D eigenvalue weighted by Gasteiger charge is -2.21. The van der Waals surface area contributed by atoms with Crippen molar-refractivity contribution in [2.75, 3.05) is 39.5 Å². The Hall–Kier alpha value is -1.14. The Labute approximate surface area is 299 Å². The normalized spacial score (nSPS) is 11.7. The van der Waals surface area contributed by atoms with Crippen LogP contribution in [0, 0.1) is 11.8 Å². The second-order valence-corrected chi connectivity index (χ2v) is 14.6. The van der Waals surface area contributed by atoms with Gasteiger partial charge in [0.25, 0.3) is 0 Å². The van der Waals surface area contributed by atoms with E-state index in [1.807, 2.05) is 0 Å². The van der Waals surface area contributed by atoms with Crippen molar-refractivity contribution in [1.29, 1.82) is 0 Å². The van der Waals surface area contributed by atoms with E-state index in [0.29, 0.717) is 37.9 Å². The van der Waals surface area contributed by atoms with E-state index in [1.54, 1.807) is 0 Å². The van der Waals surface area contributed by atoms with Crippen LogP contribution in [0.4, 0.5) is 0 Å². The molecule has 0 spiro atoms. The number of nitrogens with zero attached hydrogens (tertiary/aromatic N) is 1. The van der Waals surface area contributed by atoms with E-state index in [-0.39, 0.29) is 18.5 Å². The molecule has 0 aliphatic carbocycles. The highest BCUT2D eigenvalue weighted by Crippen LogP contribution is 2.22. The van der Waals surface area contributed by atoms with Gasteiger partial charge in [-0.1, -0.05) is 156 Å². The Morgan fingerprint density at radius 3 is 1.23 bits per heavy atom. The number of aliphatic hydroxyl groups is 1. The predicted octanol–water partition coefficient (Wildman–Crippen LogP) is 11.6. The third-order valence-electron chi connectivity index (χ3n) is 10.1. The fraction of sp³-hybridized carbons (Fsp3) is 0.952. The largest absolute Gasteiger partial charge is 0.466 e. The Bertz CT molecular complexity index is 669. The van der Waals surface area contributed by atoms with Crippen molar-refractivity contribution in [2.45, 2.75) is 207 Å². The van der Waals surface area contributed by atoms with E-state index >= 15 is 0 Å². The molecule has 0 aromatic rings. The molecule has 0 atom stereocenters. The van der Waals surface area contributed by atoms with Crippen LogP contribution >= 0.6 is 0 Å². The molecular formula is C42H83NO5. The highest BCUT2D eigenvalue weighted by atomic mass is 16.5. The van der Waals surface area contributed by atoms with Crippen LogP contribution in [0.1, 0.15) is 207 Å². The maximum absolute atomic E-state index is 12.2. The Morgan fingerprint density at radius 1 is 0.458 bits per heavy atom. The fourth-order valence-electron chi connectivity index (χ4n) is 6.79. The van der Waals surface area contributed by atoms with Crippen LogP contribution in [-0.2, 0) is 19.1 Å². The Kier molecular flexibility index (Phi) is 36.2. The zero-order valence-electron chi connectivity index (χ0n) is 32.7. The molecule has 286 valence electrons. The summed E-state index contributed by atoms with van der Waals surface area (Å²) in [5, 5.41) is 9.51. The van der Waals surface area contributed by atoms with Gasteiger partial charge in [-0.3, -0.25) is 9.59 Å². The first-order valence-electron chi connectivity index (χ1n) is 21.1. The zero-order chi connectivity index (χ0) is 35.3. The van der Waals surface area contributed by atoms with Crippen LogP contribution in [-0.4, -0.2) is 61.4 Å². The number of esters is 2. The van der Waals surface area contributed by atoms with E-state index in [0.717, 1.165) is 83.8 Å². The van der Waals surface area contributed by atoms with Crippen LogP contribution in [0.5, 0.6) is 0 Å². The van der Waals surface area contributed by atoms with Crippen LogP contribution in [0.2, 0.25) is 0 Å². The molecule has 0 aliphatic heterocycles. The molecule has 6 nitrogen and oxygen atoms in total. The first-order chi connectivity index (χ1) is 23.5. The van der Waals surface area contributed by atoms with Gasteiger partial charge < -0.3 is 19.5 Å². The number of carbonyl (C=O) groups is 2. The zero-order valence-corrected chi connectivity index (χ0v) is 32.7. The van der Waals surface area contributed by atoms with Gasteiger partial charge in [0.15, 0.2) is 0 Å². The Balaban J connectivity index is 3.85. The molecule has 0 unspecified atom stereocenters. The summed E-state index contributed by atoms with van der Waals surface area (Å²) in [5.41, 5.74) is 0. The van der Waals surface area contributed by atoms with E-state index in [9.17, 15) is 14.7 Å². The molecule has 48 heavy (non-hydrogen) atoms. The first-order valence-corrected chi connectivity index (χ1v) is 21.1. The molecule has 6 heteroatoms. The quantitative estimate of drug-likeness (QED) is 0.0516. The molecule has 0 fully saturated rings. The minimum absolute atomic E-state index is 0.0195. The number of hydrogen-bond donors (Lipinski definition) is 1. The minimum atomic E-state index is -0.0246. The topological polar surface area (TPSA) is 76.1 Å². The molecule has 0 saturated heterocycles. The number of rotatable bonds is 38. The summed E-state index contributed by atoms with van der Waals surface area (Å²) in [6.45, 7) is 13.2. The summed E-state index contributed by atoms with van der Waals surface area (Å²) in [5.74, 6) is 1.37. The van der Waals surface area contributed by atoms with E-state index in [2.05, 4.69) is 32.6 Å². The molecule has 0 aromatic carbocycles. The summed E-state index contributed by atoms with van der Waals surface area (Å²) in [4.78, 5) is 26.8. The average Bonchev–Trinajstić information content (AvgIpc) is 3.08. The molecule has 0 radical (unpaired) electrons. The lowest BCUT2D eigenvalue weighted by molar-refractivity contribution is -0.145. The highest BCUT2D eigenvalue weighted by Gasteiger charge is 2.12. The van der Waals surface area contributed by atoms with Crippen molar-refractivity contribution >= 4 is 11.9 Å². The number of carbonyl (C=O) groups excluding carboxylic acids is 2. The van der Waals surface area contributed by atoms with Crippen LogP contribution in [0.3, 0.4) is 0 Å². The predicted molar refractivity (Wildman–Crippen MR) is 204 cm³/mol. The van der Waals surface area contributed by atoms with E-state index in [4.69, 9.17) is 9.47 Å². The van der Waals surface area contributed by atoms with Gasteiger partial charge in [0.05, 0.1) is 19.8 Å². The maximum atomic E-state index is 12.2. The van der Waals surface area contributed by atoms with Crippen molar-refractivity contribution < 1.29 is 24.2 Å². The summed E-state index contributed by atoms with van der Waals surface area (Å²) < 4.78 is 11.2. The van der Waals surface area contributed by atoms with E-state index < -0.39 is 0 Å². The fourth-order valence-corrected chi connectivity index (χ4v) is 6.79. The molecule has 0 aromatic heterocycles. The lowest BCUT2D eigenvalue weighted by Crippen LogP contribution is -2.29. The molecule has 0 saturated carbocycles. The monoisotopic (exact) mass is 682 g/mol. The number of aliphatic hydroxyl groups excluding tert-OH is 1. The maximum Gasteiger partial charge on any atom is 0.305 e. The summed E-state index contributed by atoms with van der Waals surface area (Å²) >= 11 is 0.